The SMILES string of the molecule is CCCC(C)NC(=O)C1CCN(Cc2ccccc2Cl)CC1. The maximum absolute atomic E-state index is 12.3. The summed E-state index contributed by atoms with van der Waals surface area (Å²) in [4.78, 5) is 14.6. The third-order valence-electron chi connectivity index (χ3n) is 4.42. The molecule has 122 valence electrons. The van der Waals surface area contributed by atoms with E-state index in [2.05, 4.69) is 30.1 Å². The van der Waals surface area contributed by atoms with Crippen molar-refractivity contribution < 1.29 is 4.79 Å². The van der Waals surface area contributed by atoms with Crippen LogP contribution in [0, 0.1) is 5.92 Å². The third-order valence-corrected chi connectivity index (χ3v) is 4.79. The minimum absolute atomic E-state index is 0.168. The molecule has 3 nitrogen and oxygen atoms in total. The molecule has 22 heavy (non-hydrogen) atoms. The smallest absolute Gasteiger partial charge is 0.223 e. The second kappa shape index (κ2) is 8.54. The molecule has 0 aromatic heterocycles. The van der Waals surface area contributed by atoms with Crippen LogP contribution in [-0.2, 0) is 11.3 Å². The highest BCUT2D eigenvalue weighted by Gasteiger charge is 2.25. The van der Waals surface area contributed by atoms with Gasteiger partial charge < -0.3 is 5.32 Å². The van der Waals surface area contributed by atoms with Gasteiger partial charge in [-0.15, -0.1) is 0 Å². The summed E-state index contributed by atoms with van der Waals surface area (Å²) in [6.07, 6.45) is 4.04. The van der Waals surface area contributed by atoms with Crippen molar-refractivity contribution in [3.8, 4) is 0 Å². The Labute approximate surface area is 139 Å². The van der Waals surface area contributed by atoms with E-state index in [1.807, 2.05) is 18.2 Å². The number of hydrogen-bond donors (Lipinski definition) is 1. The van der Waals surface area contributed by atoms with Crippen LogP contribution in [0.1, 0.15) is 45.1 Å². The van der Waals surface area contributed by atoms with Gasteiger partial charge in [-0.05, 0) is 50.9 Å². The first-order valence-electron chi connectivity index (χ1n) is 8.36. The standard InChI is InChI=1S/C18H27ClN2O/c1-3-6-14(2)20-18(22)15-9-11-21(12-10-15)13-16-7-4-5-8-17(16)19/h4-5,7-8,14-15H,3,6,9-13H2,1-2H3,(H,20,22). The summed E-state index contributed by atoms with van der Waals surface area (Å²) in [5.74, 6) is 0.403. The molecule has 1 atom stereocenters. The Morgan fingerprint density at radius 1 is 1.36 bits per heavy atom. The normalized spacial score (nSPS) is 18.1. The van der Waals surface area contributed by atoms with Crippen LogP contribution in [0.4, 0.5) is 0 Å². The minimum atomic E-state index is 0.168. The lowest BCUT2D eigenvalue weighted by atomic mass is 9.95. The summed E-state index contributed by atoms with van der Waals surface area (Å²) >= 11 is 6.22. The van der Waals surface area contributed by atoms with Gasteiger partial charge in [-0.2, -0.15) is 0 Å². The van der Waals surface area contributed by atoms with Crippen LogP contribution in [0.25, 0.3) is 0 Å². The quantitative estimate of drug-likeness (QED) is 0.862. The number of piperidine rings is 1. The van der Waals surface area contributed by atoms with Crippen molar-refractivity contribution in [1.29, 1.82) is 0 Å². The molecule has 1 unspecified atom stereocenters. The highest BCUT2D eigenvalue weighted by molar-refractivity contribution is 6.31. The molecule has 1 aliphatic heterocycles. The van der Waals surface area contributed by atoms with E-state index in [0.717, 1.165) is 50.3 Å². The van der Waals surface area contributed by atoms with Crippen molar-refractivity contribution in [3.63, 3.8) is 0 Å². The summed E-state index contributed by atoms with van der Waals surface area (Å²) in [6, 6.07) is 8.29. The van der Waals surface area contributed by atoms with Crippen molar-refractivity contribution in [1.82, 2.24) is 10.2 Å². The fourth-order valence-corrected chi connectivity index (χ4v) is 3.28. The summed E-state index contributed by atoms with van der Waals surface area (Å²) in [5, 5.41) is 3.98. The molecule has 1 amide bonds. The van der Waals surface area contributed by atoms with Crippen molar-refractivity contribution in [2.75, 3.05) is 13.1 Å². The Hall–Kier alpha value is -1.06. The Morgan fingerprint density at radius 2 is 2.05 bits per heavy atom. The maximum Gasteiger partial charge on any atom is 0.223 e. The molecule has 1 N–H and O–H groups in total. The second-order valence-electron chi connectivity index (χ2n) is 6.34. The number of rotatable bonds is 6. The Kier molecular flexibility index (Phi) is 6.71. The predicted octanol–water partition coefficient (Wildman–Crippen LogP) is 3.86. The van der Waals surface area contributed by atoms with E-state index in [1.54, 1.807) is 0 Å². The topological polar surface area (TPSA) is 32.3 Å². The first-order valence-corrected chi connectivity index (χ1v) is 8.74. The molecule has 0 saturated carbocycles. The van der Waals surface area contributed by atoms with E-state index >= 15 is 0 Å². The van der Waals surface area contributed by atoms with Crippen molar-refractivity contribution in [2.24, 2.45) is 5.92 Å². The van der Waals surface area contributed by atoms with Crippen LogP contribution < -0.4 is 5.32 Å². The fraction of sp³-hybridized carbons (Fsp3) is 0.611. The molecular formula is C18H27ClN2O. The lowest BCUT2D eigenvalue weighted by Gasteiger charge is -2.32. The number of benzene rings is 1. The van der Waals surface area contributed by atoms with Gasteiger partial charge in [0, 0.05) is 23.5 Å². The molecule has 1 aromatic rings. The zero-order valence-electron chi connectivity index (χ0n) is 13.6. The molecule has 4 heteroatoms. The first kappa shape index (κ1) is 17.3. The molecule has 0 aliphatic carbocycles. The molecule has 1 aromatic carbocycles. The number of hydrogen-bond acceptors (Lipinski definition) is 2. The number of nitrogens with zero attached hydrogens (tertiary/aromatic N) is 1. The molecule has 1 saturated heterocycles. The summed E-state index contributed by atoms with van der Waals surface area (Å²) in [7, 11) is 0. The fourth-order valence-electron chi connectivity index (χ4n) is 3.09. The van der Waals surface area contributed by atoms with Crippen molar-refractivity contribution in [3.05, 3.63) is 34.9 Å². The van der Waals surface area contributed by atoms with Gasteiger partial charge in [-0.1, -0.05) is 43.1 Å². The van der Waals surface area contributed by atoms with Crippen molar-refractivity contribution >= 4 is 17.5 Å². The third kappa shape index (κ3) is 4.99. The van der Waals surface area contributed by atoms with E-state index in [1.165, 1.54) is 5.56 Å². The molecule has 1 heterocycles. The second-order valence-corrected chi connectivity index (χ2v) is 6.75. The van der Waals surface area contributed by atoms with E-state index < -0.39 is 0 Å². The minimum Gasteiger partial charge on any atom is -0.353 e. The van der Waals surface area contributed by atoms with Crippen LogP contribution in [0.5, 0.6) is 0 Å². The van der Waals surface area contributed by atoms with E-state index in [-0.39, 0.29) is 11.8 Å². The van der Waals surface area contributed by atoms with Crippen LogP contribution in [0.3, 0.4) is 0 Å². The number of carbonyl (C=O) groups excluding carboxylic acids is 1. The van der Waals surface area contributed by atoms with E-state index in [0.29, 0.717) is 6.04 Å². The van der Waals surface area contributed by atoms with Gasteiger partial charge in [0.05, 0.1) is 0 Å². The Bertz CT molecular complexity index is 484. The van der Waals surface area contributed by atoms with Crippen LogP contribution in [0.2, 0.25) is 5.02 Å². The zero-order chi connectivity index (χ0) is 15.9. The average Bonchev–Trinajstić information content (AvgIpc) is 2.50. The Morgan fingerprint density at radius 3 is 2.68 bits per heavy atom. The monoisotopic (exact) mass is 322 g/mol. The molecule has 2 rings (SSSR count). The van der Waals surface area contributed by atoms with E-state index in [4.69, 9.17) is 11.6 Å². The lowest BCUT2D eigenvalue weighted by molar-refractivity contribution is -0.127. The number of likely N-dealkylation sites (tertiary alicyclic amines) is 1. The van der Waals surface area contributed by atoms with Crippen LogP contribution >= 0.6 is 11.6 Å². The average molecular weight is 323 g/mol. The van der Waals surface area contributed by atoms with Gasteiger partial charge in [0.25, 0.3) is 0 Å². The molecular weight excluding hydrogens is 296 g/mol. The number of carbonyl (C=O) groups is 1. The first-order chi connectivity index (χ1) is 10.6. The largest absolute Gasteiger partial charge is 0.353 e. The van der Waals surface area contributed by atoms with Gasteiger partial charge in [0.2, 0.25) is 5.91 Å². The number of halogens is 1. The van der Waals surface area contributed by atoms with Crippen LogP contribution in [-0.4, -0.2) is 29.9 Å². The molecule has 1 fully saturated rings. The van der Waals surface area contributed by atoms with Gasteiger partial charge >= 0.3 is 0 Å². The van der Waals surface area contributed by atoms with Gasteiger partial charge in [0.1, 0.15) is 0 Å². The Balaban J connectivity index is 1.78. The highest BCUT2D eigenvalue weighted by atomic mass is 35.5. The van der Waals surface area contributed by atoms with E-state index in [9.17, 15) is 4.79 Å². The van der Waals surface area contributed by atoms with Crippen molar-refractivity contribution in [2.45, 2.75) is 52.1 Å². The summed E-state index contributed by atoms with van der Waals surface area (Å²) < 4.78 is 0. The molecule has 0 radical (unpaired) electrons. The molecule has 0 spiro atoms. The summed E-state index contributed by atoms with van der Waals surface area (Å²) in [6.45, 7) is 7.04. The number of nitrogens with one attached hydrogen (secondary N) is 1. The zero-order valence-corrected chi connectivity index (χ0v) is 14.4. The molecule has 1 aliphatic rings. The highest BCUT2D eigenvalue weighted by Crippen LogP contribution is 2.22. The lowest BCUT2D eigenvalue weighted by Crippen LogP contribution is -2.42. The maximum atomic E-state index is 12.3. The van der Waals surface area contributed by atoms with Gasteiger partial charge in [-0.25, -0.2) is 0 Å². The summed E-state index contributed by atoms with van der Waals surface area (Å²) in [5.41, 5.74) is 1.17. The van der Waals surface area contributed by atoms with Crippen LogP contribution in [0.15, 0.2) is 24.3 Å². The number of amides is 1. The predicted molar refractivity (Wildman–Crippen MR) is 92.0 cm³/mol. The van der Waals surface area contributed by atoms with Gasteiger partial charge in [-0.3, -0.25) is 9.69 Å². The molecule has 0 bridgehead atoms. The van der Waals surface area contributed by atoms with Gasteiger partial charge in [0.15, 0.2) is 0 Å².